The molecule has 1 aromatic rings. The molecule has 0 aliphatic heterocycles. The summed E-state index contributed by atoms with van der Waals surface area (Å²) in [6, 6.07) is 6.82. The maximum Gasteiger partial charge on any atom is 0.0205 e. The molecular weight excluding hydrogens is 206 g/mol. The second-order valence-corrected chi connectivity index (χ2v) is 5.81. The van der Waals surface area contributed by atoms with Crippen molar-refractivity contribution in [2.24, 2.45) is 5.41 Å². The fourth-order valence-corrected chi connectivity index (χ4v) is 2.98. The van der Waals surface area contributed by atoms with Gasteiger partial charge in [-0.2, -0.15) is 0 Å². The topological polar surface area (TPSA) is 12.0 Å². The molecule has 1 fully saturated rings. The highest BCUT2D eigenvalue weighted by Gasteiger charge is 2.34. The van der Waals surface area contributed by atoms with Crippen molar-refractivity contribution in [1.82, 2.24) is 5.32 Å². The van der Waals surface area contributed by atoms with Gasteiger partial charge in [-0.25, -0.2) is 0 Å². The maximum atomic E-state index is 3.65. The Morgan fingerprint density at radius 3 is 2.24 bits per heavy atom. The van der Waals surface area contributed by atoms with Crippen LogP contribution in [0.2, 0.25) is 0 Å². The number of rotatable bonds is 5. The summed E-state index contributed by atoms with van der Waals surface area (Å²) in [4.78, 5) is 0. The molecule has 0 spiro atoms. The zero-order valence-electron chi connectivity index (χ0n) is 11.5. The summed E-state index contributed by atoms with van der Waals surface area (Å²) in [6.45, 7) is 8.89. The fourth-order valence-electron chi connectivity index (χ4n) is 2.98. The first-order valence-electron chi connectivity index (χ1n) is 6.91. The Hall–Kier alpha value is -0.820. The molecule has 0 saturated heterocycles. The van der Waals surface area contributed by atoms with Crippen molar-refractivity contribution in [3.63, 3.8) is 0 Å². The first kappa shape index (κ1) is 12.6. The third kappa shape index (κ3) is 3.10. The standard InChI is InChI=1S/C16H25N/c1-4-16(6-5-7-16)12-17-11-15-9-13(2)8-14(3)10-15/h8-10,17H,4-7,11-12H2,1-3H3. The zero-order valence-corrected chi connectivity index (χ0v) is 11.5. The maximum absolute atomic E-state index is 3.65. The summed E-state index contributed by atoms with van der Waals surface area (Å²) >= 11 is 0. The van der Waals surface area contributed by atoms with Gasteiger partial charge >= 0.3 is 0 Å². The van der Waals surface area contributed by atoms with Crippen LogP contribution in [0.1, 0.15) is 49.3 Å². The highest BCUT2D eigenvalue weighted by atomic mass is 14.9. The van der Waals surface area contributed by atoms with E-state index >= 15 is 0 Å². The van der Waals surface area contributed by atoms with Gasteiger partial charge in [0.2, 0.25) is 0 Å². The van der Waals surface area contributed by atoms with Crippen LogP contribution >= 0.6 is 0 Å². The van der Waals surface area contributed by atoms with E-state index in [1.165, 1.54) is 48.9 Å². The van der Waals surface area contributed by atoms with E-state index in [4.69, 9.17) is 0 Å². The third-order valence-electron chi connectivity index (χ3n) is 4.27. The Morgan fingerprint density at radius 2 is 1.76 bits per heavy atom. The molecule has 1 nitrogen and oxygen atoms in total. The van der Waals surface area contributed by atoms with Crippen molar-refractivity contribution in [2.75, 3.05) is 6.54 Å². The van der Waals surface area contributed by atoms with Gasteiger partial charge in [0, 0.05) is 13.1 Å². The van der Waals surface area contributed by atoms with Crippen molar-refractivity contribution < 1.29 is 0 Å². The van der Waals surface area contributed by atoms with E-state index in [9.17, 15) is 0 Å². The molecule has 1 heteroatoms. The van der Waals surface area contributed by atoms with Crippen molar-refractivity contribution in [3.8, 4) is 0 Å². The van der Waals surface area contributed by atoms with Gasteiger partial charge in [0.05, 0.1) is 0 Å². The number of hydrogen-bond donors (Lipinski definition) is 1. The smallest absolute Gasteiger partial charge is 0.0205 e. The molecule has 1 aromatic carbocycles. The molecule has 0 aromatic heterocycles. The quantitative estimate of drug-likeness (QED) is 0.808. The number of hydrogen-bond acceptors (Lipinski definition) is 1. The van der Waals surface area contributed by atoms with Gasteiger partial charge in [-0.1, -0.05) is 42.7 Å². The lowest BCUT2D eigenvalue weighted by molar-refractivity contribution is 0.124. The largest absolute Gasteiger partial charge is 0.312 e. The first-order valence-corrected chi connectivity index (χ1v) is 6.91. The molecule has 0 atom stereocenters. The average molecular weight is 231 g/mol. The average Bonchev–Trinajstić information content (AvgIpc) is 2.20. The molecule has 1 saturated carbocycles. The van der Waals surface area contributed by atoms with Crippen LogP contribution in [0, 0.1) is 19.3 Å². The normalized spacial score (nSPS) is 17.8. The number of aryl methyl sites for hydroxylation is 2. The van der Waals surface area contributed by atoms with E-state index in [0.29, 0.717) is 5.41 Å². The van der Waals surface area contributed by atoms with Crippen LogP contribution in [0.3, 0.4) is 0 Å². The van der Waals surface area contributed by atoms with Crippen molar-refractivity contribution in [3.05, 3.63) is 34.9 Å². The Labute approximate surface area is 106 Å². The van der Waals surface area contributed by atoms with Gasteiger partial charge in [-0.3, -0.25) is 0 Å². The van der Waals surface area contributed by atoms with Crippen LogP contribution < -0.4 is 5.32 Å². The Kier molecular flexibility index (Phi) is 3.88. The van der Waals surface area contributed by atoms with Gasteiger partial charge in [0.25, 0.3) is 0 Å². The summed E-state index contributed by atoms with van der Waals surface area (Å²) < 4.78 is 0. The van der Waals surface area contributed by atoms with Crippen LogP contribution in [0.25, 0.3) is 0 Å². The van der Waals surface area contributed by atoms with Crippen molar-refractivity contribution in [1.29, 1.82) is 0 Å². The van der Waals surface area contributed by atoms with Crippen molar-refractivity contribution in [2.45, 2.75) is 53.0 Å². The Morgan fingerprint density at radius 1 is 1.12 bits per heavy atom. The summed E-state index contributed by atoms with van der Waals surface area (Å²) in [5, 5.41) is 3.65. The predicted octanol–water partition coefficient (Wildman–Crippen LogP) is 3.97. The lowest BCUT2D eigenvalue weighted by Crippen LogP contribution is -2.39. The molecule has 1 N–H and O–H groups in total. The van der Waals surface area contributed by atoms with Gasteiger partial charge in [0.15, 0.2) is 0 Å². The SMILES string of the molecule is CCC1(CNCc2cc(C)cc(C)c2)CCC1. The molecule has 0 unspecified atom stereocenters. The van der Waals surface area contributed by atoms with Crippen LogP contribution in [-0.4, -0.2) is 6.54 Å². The number of benzene rings is 1. The zero-order chi connectivity index (χ0) is 12.3. The predicted molar refractivity (Wildman–Crippen MR) is 74.2 cm³/mol. The molecule has 94 valence electrons. The Balaban J connectivity index is 1.85. The van der Waals surface area contributed by atoms with E-state index in [-0.39, 0.29) is 0 Å². The molecule has 0 radical (unpaired) electrons. The highest BCUT2D eigenvalue weighted by Crippen LogP contribution is 2.43. The molecule has 17 heavy (non-hydrogen) atoms. The minimum absolute atomic E-state index is 0.624. The molecule has 0 bridgehead atoms. The third-order valence-corrected chi connectivity index (χ3v) is 4.27. The molecule has 0 amide bonds. The molecule has 0 heterocycles. The van der Waals surface area contributed by atoms with Gasteiger partial charge in [-0.05, 0) is 44.1 Å². The van der Waals surface area contributed by atoms with Gasteiger partial charge in [0.1, 0.15) is 0 Å². The minimum Gasteiger partial charge on any atom is -0.312 e. The molecular formula is C16H25N. The second-order valence-electron chi connectivity index (χ2n) is 5.81. The lowest BCUT2D eigenvalue weighted by atomic mass is 9.67. The first-order chi connectivity index (χ1) is 8.13. The van der Waals surface area contributed by atoms with Crippen molar-refractivity contribution >= 4 is 0 Å². The summed E-state index contributed by atoms with van der Waals surface area (Å²) in [7, 11) is 0. The van der Waals surface area contributed by atoms with E-state index in [2.05, 4.69) is 44.3 Å². The monoisotopic (exact) mass is 231 g/mol. The van der Waals surface area contributed by atoms with Crippen LogP contribution in [0.4, 0.5) is 0 Å². The van der Waals surface area contributed by atoms with Gasteiger partial charge < -0.3 is 5.32 Å². The molecule has 1 aliphatic carbocycles. The molecule has 1 aliphatic rings. The molecule has 2 rings (SSSR count). The van der Waals surface area contributed by atoms with E-state index < -0.39 is 0 Å². The van der Waals surface area contributed by atoms with Crippen LogP contribution in [0.15, 0.2) is 18.2 Å². The fraction of sp³-hybridized carbons (Fsp3) is 0.625. The summed E-state index contributed by atoms with van der Waals surface area (Å²) in [5.74, 6) is 0. The number of nitrogens with one attached hydrogen (secondary N) is 1. The van der Waals surface area contributed by atoms with E-state index in [0.717, 1.165) is 6.54 Å². The minimum atomic E-state index is 0.624. The van der Waals surface area contributed by atoms with Crippen LogP contribution in [-0.2, 0) is 6.54 Å². The summed E-state index contributed by atoms with van der Waals surface area (Å²) in [5.41, 5.74) is 4.79. The van der Waals surface area contributed by atoms with Gasteiger partial charge in [-0.15, -0.1) is 0 Å². The lowest BCUT2D eigenvalue weighted by Gasteiger charge is -2.41. The Bertz CT molecular complexity index is 351. The summed E-state index contributed by atoms with van der Waals surface area (Å²) in [6.07, 6.45) is 5.60. The van der Waals surface area contributed by atoms with E-state index in [1.807, 2.05) is 0 Å². The van der Waals surface area contributed by atoms with E-state index in [1.54, 1.807) is 0 Å². The second kappa shape index (κ2) is 5.22. The van der Waals surface area contributed by atoms with Crippen LogP contribution in [0.5, 0.6) is 0 Å². The highest BCUT2D eigenvalue weighted by molar-refractivity contribution is 5.28.